The summed E-state index contributed by atoms with van der Waals surface area (Å²) in [5.74, 6) is -2.10. The van der Waals surface area contributed by atoms with Crippen LogP contribution >= 0.6 is 0 Å². The standard InChI is InChI=1S/C18H19FN2O3/c19-14-8-4-5-12(11-14)9-10-15(18(23)24)21-17(22)16(20)13-6-2-1-3-7-13/h1-8,11,15-16H,9-10,20H2,(H,21,22)(H,23,24)/t15-,16+/m1/s1. The van der Waals surface area contributed by atoms with E-state index in [0.29, 0.717) is 17.5 Å². The molecule has 5 nitrogen and oxygen atoms in total. The second-order valence-electron chi connectivity index (χ2n) is 5.46. The smallest absolute Gasteiger partial charge is 0.326 e. The zero-order chi connectivity index (χ0) is 17.5. The highest BCUT2D eigenvalue weighted by Gasteiger charge is 2.23. The second kappa shape index (κ2) is 8.21. The molecule has 0 aliphatic rings. The van der Waals surface area contributed by atoms with E-state index in [1.54, 1.807) is 42.5 Å². The van der Waals surface area contributed by atoms with Crippen LogP contribution in [-0.2, 0) is 16.0 Å². The van der Waals surface area contributed by atoms with Gasteiger partial charge in [0.05, 0.1) is 0 Å². The third-order valence-corrected chi connectivity index (χ3v) is 3.67. The predicted octanol–water partition coefficient (Wildman–Crippen LogP) is 2.03. The summed E-state index contributed by atoms with van der Waals surface area (Å²) in [7, 11) is 0. The van der Waals surface area contributed by atoms with Crippen molar-refractivity contribution in [1.29, 1.82) is 0 Å². The highest BCUT2D eigenvalue weighted by atomic mass is 19.1. The Morgan fingerprint density at radius 1 is 1.12 bits per heavy atom. The summed E-state index contributed by atoms with van der Waals surface area (Å²) in [6, 6.07) is 12.6. The molecule has 0 saturated heterocycles. The van der Waals surface area contributed by atoms with Crippen molar-refractivity contribution in [1.82, 2.24) is 5.32 Å². The average Bonchev–Trinajstić information content (AvgIpc) is 2.58. The SMILES string of the molecule is N[C@H](C(=O)N[C@H](CCc1cccc(F)c1)C(=O)O)c1ccccc1. The van der Waals surface area contributed by atoms with Gasteiger partial charge in [-0.2, -0.15) is 0 Å². The van der Waals surface area contributed by atoms with Crippen LogP contribution in [0.2, 0.25) is 0 Å². The number of carbonyl (C=O) groups excluding carboxylic acids is 1. The molecule has 0 heterocycles. The fourth-order valence-corrected chi connectivity index (χ4v) is 2.33. The number of amides is 1. The number of carbonyl (C=O) groups is 2. The van der Waals surface area contributed by atoms with Gasteiger partial charge in [0.2, 0.25) is 5.91 Å². The maximum atomic E-state index is 13.2. The van der Waals surface area contributed by atoms with Gasteiger partial charge in [0.25, 0.3) is 0 Å². The lowest BCUT2D eigenvalue weighted by atomic mass is 10.0. The van der Waals surface area contributed by atoms with Gasteiger partial charge in [0, 0.05) is 0 Å². The van der Waals surface area contributed by atoms with Crippen molar-refractivity contribution >= 4 is 11.9 Å². The number of rotatable bonds is 7. The minimum Gasteiger partial charge on any atom is -0.480 e. The van der Waals surface area contributed by atoms with Crippen molar-refractivity contribution in [2.75, 3.05) is 0 Å². The first-order chi connectivity index (χ1) is 11.5. The first-order valence-electron chi connectivity index (χ1n) is 7.55. The van der Waals surface area contributed by atoms with Crippen molar-refractivity contribution in [2.24, 2.45) is 5.73 Å². The van der Waals surface area contributed by atoms with E-state index in [4.69, 9.17) is 5.73 Å². The van der Waals surface area contributed by atoms with Gasteiger partial charge < -0.3 is 16.2 Å². The summed E-state index contributed by atoms with van der Waals surface area (Å²) in [6.07, 6.45) is 0.474. The molecule has 2 aromatic carbocycles. The molecule has 1 amide bonds. The maximum Gasteiger partial charge on any atom is 0.326 e. The van der Waals surface area contributed by atoms with Crippen LogP contribution in [0.3, 0.4) is 0 Å². The third-order valence-electron chi connectivity index (χ3n) is 3.67. The molecule has 2 atom stereocenters. The minimum atomic E-state index is -1.15. The van der Waals surface area contributed by atoms with E-state index in [0.717, 1.165) is 0 Å². The fourth-order valence-electron chi connectivity index (χ4n) is 2.33. The number of aryl methyl sites for hydroxylation is 1. The summed E-state index contributed by atoms with van der Waals surface area (Å²) in [5, 5.41) is 11.7. The molecular weight excluding hydrogens is 311 g/mol. The normalized spacial score (nSPS) is 13.1. The van der Waals surface area contributed by atoms with Gasteiger partial charge >= 0.3 is 5.97 Å². The first-order valence-corrected chi connectivity index (χ1v) is 7.55. The van der Waals surface area contributed by atoms with Gasteiger partial charge in [-0.15, -0.1) is 0 Å². The Bertz CT molecular complexity index is 706. The zero-order valence-electron chi connectivity index (χ0n) is 13.0. The van der Waals surface area contributed by atoms with Crippen LogP contribution in [0, 0.1) is 5.82 Å². The van der Waals surface area contributed by atoms with Gasteiger partial charge in [-0.25, -0.2) is 9.18 Å². The molecule has 0 unspecified atom stereocenters. The summed E-state index contributed by atoms with van der Waals surface area (Å²) in [5.41, 5.74) is 7.13. The lowest BCUT2D eigenvalue weighted by molar-refractivity contribution is -0.142. The molecule has 0 saturated carbocycles. The number of benzene rings is 2. The molecule has 6 heteroatoms. The lowest BCUT2D eigenvalue weighted by Gasteiger charge is -2.18. The Balaban J connectivity index is 1.98. The molecule has 0 aromatic heterocycles. The van der Waals surface area contributed by atoms with Gasteiger partial charge in [-0.1, -0.05) is 42.5 Å². The van der Waals surface area contributed by atoms with Crippen LogP contribution in [-0.4, -0.2) is 23.0 Å². The lowest BCUT2D eigenvalue weighted by Crippen LogP contribution is -2.45. The predicted molar refractivity (Wildman–Crippen MR) is 87.7 cm³/mol. The summed E-state index contributed by atoms with van der Waals surface area (Å²) in [4.78, 5) is 23.5. The van der Waals surface area contributed by atoms with Gasteiger partial charge in [0.1, 0.15) is 17.9 Å². The first kappa shape index (κ1) is 17.6. The molecule has 0 spiro atoms. The Morgan fingerprint density at radius 3 is 2.46 bits per heavy atom. The number of hydrogen-bond acceptors (Lipinski definition) is 3. The topological polar surface area (TPSA) is 92.4 Å². The number of carboxylic acids is 1. The van der Waals surface area contributed by atoms with Crippen LogP contribution in [0.15, 0.2) is 54.6 Å². The van der Waals surface area contributed by atoms with E-state index in [2.05, 4.69) is 5.32 Å². The third kappa shape index (κ3) is 4.89. The Morgan fingerprint density at radius 2 is 1.83 bits per heavy atom. The molecule has 0 aliphatic heterocycles. The molecule has 4 N–H and O–H groups in total. The van der Waals surface area contributed by atoms with E-state index < -0.39 is 24.0 Å². The molecule has 0 bridgehead atoms. The number of halogens is 1. The van der Waals surface area contributed by atoms with E-state index in [-0.39, 0.29) is 12.2 Å². The molecule has 2 rings (SSSR count). The number of hydrogen-bond donors (Lipinski definition) is 3. The minimum absolute atomic E-state index is 0.145. The Kier molecular flexibility index (Phi) is 6.03. The average molecular weight is 330 g/mol. The zero-order valence-corrected chi connectivity index (χ0v) is 13.0. The van der Waals surface area contributed by atoms with Gasteiger partial charge in [0.15, 0.2) is 0 Å². The van der Waals surface area contributed by atoms with Crippen LogP contribution in [0.25, 0.3) is 0 Å². The molecule has 24 heavy (non-hydrogen) atoms. The summed E-state index contributed by atoms with van der Waals surface area (Å²) < 4.78 is 13.2. The maximum absolute atomic E-state index is 13.2. The van der Waals surface area contributed by atoms with Crippen molar-refractivity contribution in [3.63, 3.8) is 0 Å². The number of aliphatic carboxylic acids is 1. The van der Waals surface area contributed by atoms with E-state index in [9.17, 15) is 19.1 Å². The number of carboxylic acid groups (broad SMARTS) is 1. The van der Waals surface area contributed by atoms with E-state index in [1.807, 2.05) is 0 Å². The van der Waals surface area contributed by atoms with Crippen molar-refractivity contribution in [2.45, 2.75) is 24.9 Å². The summed E-state index contributed by atoms with van der Waals surface area (Å²) >= 11 is 0. The number of nitrogens with one attached hydrogen (secondary N) is 1. The van der Waals surface area contributed by atoms with Crippen LogP contribution < -0.4 is 11.1 Å². The van der Waals surface area contributed by atoms with Crippen molar-refractivity contribution in [3.05, 3.63) is 71.5 Å². The highest BCUT2D eigenvalue weighted by molar-refractivity contribution is 5.87. The molecule has 126 valence electrons. The molecule has 2 aromatic rings. The second-order valence-corrected chi connectivity index (χ2v) is 5.46. The Labute approximate surface area is 139 Å². The fraction of sp³-hybridized carbons (Fsp3) is 0.222. The number of nitrogens with two attached hydrogens (primary N) is 1. The monoisotopic (exact) mass is 330 g/mol. The van der Waals surface area contributed by atoms with Crippen LogP contribution in [0.5, 0.6) is 0 Å². The van der Waals surface area contributed by atoms with Gasteiger partial charge in [-0.05, 0) is 36.1 Å². The van der Waals surface area contributed by atoms with E-state index in [1.165, 1.54) is 12.1 Å². The molecule has 0 radical (unpaired) electrons. The largest absolute Gasteiger partial charge is 0.480 e. The van der Waals surface area contributed by atoms with Crippen LogP contribution in [0.4, 0.5) is 4.39 Å². The highest BCUT2D eigenvalue weighted by Crippen LogP contribution is 2.12. The van der Waals surface area contributed by atoms with E-state index >= 15 is 0 Å². The van der Waals surface area contributed by atoms with Gasteiger partial charge in [-0.3, -0.25) is 4.79 Å². The quantitative estimate of drug-likeness (QED) is 0.724. The molecular formula is C18H19FN2O3. The summed E-state index contributed by atoms with van der Waals surface area (Å²) in [6.45, 7) is 0. The molecule has 0 aliphatic carbocycles. The van der Waals surface area contributed by atoms with Crippen molar-refractivity contribution in [3.8, 4) is 0 Å². The Hall–Kier alpha value is -2.73. The molecule has 0 fully saturated rings. The van der Waals surface area contributed by atoms with Crippen LogP contribution in [0.1, 0.15) is 23.6 Å². The van der Waals surface area contributed by atoms with Crippen molar-refractivity contribution < 1.29 is 19.1 Å².